The van der Waals surface area contributed by atoms with Crippen molar-refractivity contribution in [2.75, 3.05) is 33.4 Å². The van der Waals surface area contributed by atoms with Crippen molar-refractivity contribution in [1.29, 1.82) is 0 Å². The first-order valence-corrected chi connectivity index (χ1v) is 8.63. The van der Waals surface area contributed by atoms with E-state index in [1.807, 2.05) is 13.8 Å². The maximum Gasteiger partial charge on any atom is 0.306 e. The van der Waals surface area contributed by atoms with Crippen LogP contribution in [-0.2, 0) is 20.8 Å². The minimum Gasteiger partial charge on any atom is -0.502 e. The number of ether oxygens (including phenoxy) is 2. The summed E-state index contributed by atoms with van der Waals surface area (Å²) >= 11 is 0. The number of aromatic hydroxyl groups is 1. The van der Waals surface area contributed by atoms with Crippen LogP contribution < -0.4 is 5.43 Å². The fourth-order valence-corrected chi connectivity index (χ4v) is 3.03. The molecule has 1 aliphatic rings. The molecule has 0 radical (unpaired) electrons. The van der Waals surface area contributed by atoms with Crippen molar-refractivity contribution in [3.05, 3.63) is 27.8 Å². The molecule has 2 rings (SSSR count). The van der Waals surface area contributed by atoms with E-state index in [0.29, 0.717) is 31.9 Å². The van der Waals surface area contributed by atoms with E-state index >= 15 is 0 Å². The zero-order valence-electron chi connectivity index (χ0n) is 15.1. The largest absolute Gasteiger partial charge is 0.502 e. The zero-order chi connectivity index (χ0) is 18.4. The highest BCUT2D eigenvalue weighted by atomic mass is 16.5. The molecule has 1 aliphatic heterocycles. The van der Waals surface area contributed by atoms with E-state index in [1.54, 1.807) is 0 Å². The van der Waals surface area contributed by atoms with Crippen LogP contribution in [-0.4, -0.2) is 49.4 Å². The Morgan fingerprint density at radius 1 is 1.36 bits per heavy atom. The highest BCUT2D eigenvalue weighted by Gasteiger charge is 2.26. The third kappa shape index (κ3) is 5.57. The molecule has 140 valence electrons. The molecule has 7 nitrogen and oxygen atoms in total. The van der Waals surface area contributed by atoms with Crippen molar-refractivity contribution in [2.45, 2.75) is 39.2 Å². The second kappa shape index (κ2) is 9.01. The first-order chi connectivity index (χ1) is 11.9. The van der Waals surface area contributed by atoms with E-state index in [4.69, 9.17) is 13.9 Å². The van der Waals surface area contributed by atoms with Gasteiger partial charge in [0.25, 0.3) is 0 Å². The van der Waals surface area contributed by atoms with Crippen molar-refractivity contribution in [1.82, 2.24) is 4.90 Å². The molecule has 1 aromatic rings. The van der Waals surface area contributed by atoms with Gasteiger partial charge in [-0.3, -0.25) is 14.5 Å². The third-order valence-corrected chi connectivity index (χ3v) is 4.25. The number of carbonyl (C=O) groups is 1. The number of methoxy groups -OCH3 is 1. The predicted octanol–water partition coefficient (Wildman–Crippen LogP) is 1.87. The average molecular weight is 353 g/mol. The van der Waals surface area contributed by atoms with Gasteiger partial charge in [-0.1, -0.05) is 13.8 Å². The monoisotopic (exact) mass is 353 g/mol. The van der Waals surface area contributed by atoms with Gasteiger partial charge in [-0.25, -0.2) is 0 Å². The van der Waals surface area contributed by atoms with Crippen LogP contribution in [0.25, 0.3) is 0 Å². The maximum absolute atomic E-state index is 12.2. The minimum absolute atomic E-state index is 0.0617. The summed E-state index contributed by atoms with van der Waals surface area (Å²) in [5.74, 6) is -0.285. The van der Waals surface area contributed by atoms with Crippen LogP contribution >= 0.6 is 0 Å². The van der Waals surface area contributed by atoms with Gasteiger partial charge in [0.15, 0.2) is 5.76 Å². The lowest BCUT2D eigenvalue weighted by Crippen LogP contribution is -2.35. The molecule has 0 aromatic carbocycles. The molecule has 7 heteroatoms. The van der Waals surface area contributed by atoms with Gasteiger partial charge >= 0.3 is 5.97 Å². The molecule has 1 atom stereocenters. The van der Waals surface area contributed by atoms with E-state index in [-0.39, 0.29) is 18.1 Å². The van der Waals surface area contributed by atoms with Crippen molar-refractivity contribution in [3.8, 4) is 5.75 Å². The summed E-state index contributed by atoms with van der Waals surface area (Å²) in [6, 6.07) is 1.32. The van der Waals surface area contributed by atoms with Gasteiger partial charge in [0.1, 0.15) is 5.76 Å². The van der Waals surface area contributed by atoms with Gasteiger partial charge in [-0.2, -0.15) is 0 Å². The quantitative estimate of drug-likeness (QED) is 0.749. The van der Waals surface area contributed by atoms with Crippen molar-refractivity contribution in [2.24, 2.45) is 5.92 Å². The topological polar surface area (TPSA) is 89.2 Å². The number of hydrogen-bond acceptors (Lipinski definition) is 7. The lowest BCUT2D eigenvalue weighted by molar-refractivity contribution is -0.141. The molecule has 1 N–H and O–H groups in total. The number of nitrogens with zero attached hydrogens (tertiary/aromatic N) is 1. The molecule has 2 heterocycles. The Bertz CT molecular complexity index is 633. The van der Waals surface area contributed by atoms with Crippen LogP contribution in [0.1, 0.15) is 44.1 Å². The smallest absolute Gasteiger partial charge is 0.306 e. The molecule has 0 aliphatic carbocycles. The summed E-state index contributed by atoms with van der Waals surface area (Å²) in [6.07, 6.45) is 0.665. The summed E-state index contributed by atoms with van der Waals surface area (Å²) in [6.45, 7) is 7.31. The van der Waals surface area contributed by atoms with Crippen LogP contribution in [0.3, 0.4) is 0 Å². The van der Waals surface area contributed by atoms with Crippen LogP contribution in [0.2, 0.25) is 0 Å². The highest BCUT2D eigenvalue weighted by molar-refractivity contribution is 5.70. The number of esters is 1. The lowest BCUT2D eigenvalue weighted by Gasteiger charge is -2.26. The van der Waals surface area contributed by atoms with Gasteiger partial charge < -0.3 is 19.0 Å². The highest BCUT2D eigenvalue weighted by Crippen LogP contribution is 2.32. The standard InChI is InChI=1S/C18H27NO6/c1-12(2)8-13(9-16(21)23-3)18-17(22)15(20)10-14(25-18)11-19-4-6-24-7-5-19/h10,12-13,22H,4-9,11H2,1-3H3/t13-/m1/s1. The summed E-state index contributed by atoms with van der Waals surface area (Å²) in [5.41, 5.74) is -0.483. The van der Waals surface area contributed by atoms with Gasteiger partial charge in [-0.05, 0) is 12.3 Å². The first-order valence-electron chi connectivity index (χ1n) is 8.63. The number of morpholine rings is 1. The van der Waals surface area contributed by atoms with Crippen LogP contribution in [0, 0.1) is 5.92 Å². The molecule has 0 spiro atoms. The normalized spacial score (nSPS) is 16.8. The average Bonchev–Trinajstić information content (AvgIpc) is 2.57. The van der Waals surface area contributed by atoms with Crippen molar-refractivity contribution in [3.63, 3.8) is 0 Å². The predicted molar refractivity (Wildman–Crippen MR) is 91.6 cm³/mol. The summed E-state index contributed by atoms with van der Waals surface area (Å²) in [7, 11) is 1.32. The zero-order valence-corrected chi connectivity index (χ0v) is 15.1. The Hall–Kier alpha value is -1.86. The number of carbonyl (C=O) groups excluding carboxylic acids is 1. The second-order valence-electron chi connectivity index (χ2n) is 6.79. The van der Waals surface area contributed by atoms with Gasteiger partial charge in [-0.15, -0.1) is 0 Å². The van der Waals surface area contributed by atoms with Gasteiger partial charge in [0.05, 0.1) is 33.3 Å². The number of rotatable bonds is 7. The SMILES string of the molecule is COC(=O)C[C@@H](CC(C)C)c1oc(CN2CCOCC2)cc(=O)c1O. The van der Waals surface area contributed by atoms with Crippen LogP contribution in [0.15, 0.2) is 15.3 Å². The molecular formula is C18H27NO6. The first kappa shape index (κ1) is 19.5. The maximum atomic E-state index is 12.2. The molecular weight excluding hydrogens is 326 g/mol. The minimum atomic E-state index is -0.483. The van der Waals surface area contributed by atoms with Gasteiger partial charge in [0, 0.05) is 25.1 Å². The summed E-state index contributed by atoms with van der Waals surface area (Å²) in [5, 5.41) is 10.2. The van der Waals surface area contributed by atoms with Crippen LogP contribution in [0.4, 0.5) is 0 Å². The fourth-order valence-electron chi connectivity index (χ4n) is 3.03. The van der Waals surface area contributed by atoms with E-state index in [1.165, 1.54) is 13.2 Å². The third-order valence-electron chi connectivity index (χ3n) is 4.25. The Balaban J connectivity index is 2.28. The van der Waals surface area contributed by atoms with E-state index in [9.17, 15) is 14.7 Å². The molecule has 0 saturated carbocycles. The Kier molecular flexibility index (Phi) is 7.01. The van der Waals surface area contributed by atoms with Crippen molar-refractivity contribution < 1.29 is 23.8 Å². The molecule has 0 amide bonds. The Morgan fingerprint density at radius 3 is 2.64 bits per heavy atom. The molecule has 0 bridgehead atoms. The Labute approximate surface area is 147 Å². The Morgan fingerprint density at radius 2 is 2.04 bits per heavy atom. The molecule has 1 saturated heterocycles. The van der Waals surface area contributed by atoms with E-state index < -0.39 is 23.1 Å². The second-order valence-corrected chi connectivity index (χ2v) is 6.79. The van der Waals surface area contributed by atoms with Crippen molar-refractivity contribution >= 4 is 5.97 Å². The molecule has 25 heavy (non-hydrogen) atoms. The van der Waals surface area contributed by atoms with Crippen LogP contribution in [0.5, 0.6) is 5.75 Å². The molecule has 1 aromatic heterocycles. The lowest BCUT2D eigenvalue weighted by atomic mass is 9.91. The molecule has 1 fully saturated rings. The van der Waals surface area contributed by atoms with Gasteiger partial charge in [0.2, 0.25) is 11.2 Å². The number of hydrogen-bond donors (Lipinski definition) is 1. The fraction of sp³-hybridized carbons (Fsp3) is 0.667. The molecule has 0 unspecified atom stereocenters. The van der Waals surface area contributed by atoms with E-state index in [0.717, 1.165) is 13.1 Å². The van der Waals surface area contributed by atoms with E-state index in [2.05, 4.69) is 4.90 Å². The summed E-state index contributed by atoms with van der Waals surface area (Å²) < 4.78 is 15.9. The summed E-state index contributed by atoms with van der Waals surface area (Å²) in [4.78, 5) is 26.0.